The first kappa shape index (κ1) is 14.8. The van der Waals surface area contributed by atoms with Crippen LogP contribution in [0.1, 0.15) is 22.9 Å². The fraction of sp³-hybridized carbons (Fsp3) is 0.211. The van der Waals surface area contributed by atoms with Crippen LogP contribution in [0, 0.1) is 0 Å². The Morgan fingerprint density at radius 1 is 1.09 bits per heavy atom. The Kier molecular flexibility index (Phi) is 4.54. The topological polar surface area (TPSA) is 30.2 Å². The number of rotatable bonds is 6. The fourth-order valence-corrected chi connectivity index (χ4v) is 3.82. The van der Waals surface area contributed by atoms with Crippen LogP contribution in [0.25, 0.3) is 11.3 Å². The van der Waals surface area contributed by atoms with Crippen molar-refractivity contribution in [2.75, 3.05) is 0 Å². The summed E-state index contributed by atoms with van der Waals surface area (Å²) in [5, 5.41) is 2.10. The second-order valence-electron chi connectivity index (χ2n) is 5.26. The molecule has 0 fully saturated rings. The van der Waals surface area contributed by atoms with E-state index in [1.165, 1.54) is 5.56 Å². The second-order valence-corrected chi connectivity index (χ2v) is 6.22. The molecular weight excluding hydrogens is 292 g/mol. The SMILES string of the molecule is CCc1c(-c2ccco2)csc1CC(=O)Cc1ccccc1. The number of ketones is 1. The summed E-state index contributed by atoms with van der Waals surface area (Å²) < 4.78 is 5.50. The molecule has 0 aliphatic carbocycles. The van der Waals surface area contributed by atoms with Crippen LogP contribution >= 0.6 is 11.3 Å². The van der Waals surface area contributed by atoms with Gasteiger partial charge in [0, 0.05) is 28.7 Å². The van der Waals surface area contributed by atoms with Crippen LogP contribution in [0.5, 0.6) is 0 Å². The molecule has 0 unspecified atom stereocenters. The third-order valence-corrected chi connectivity index (χ3v) is 4.75. The van der Waals surface area contributed by atoms with Crippen LogP contribution in [0.4, 0.5) is 0 Å². The monoisotopic (exact) mass is 310 g/mol. The van der Waals surface area contributed by atoms with Gasteiger partial charge in [0.2, 0.25) is 0 Å². The van der Waals surface area contributed by atoms with Crippen LogP contribution in [0.15, 0.2) is 58.5 Å². The zero-order valence-corrected chi connectivity index (χ0v) is 13.4. The van der Waals surface area contributed by atoms with Gasteiger partial charge in [-0.25, -0.2) is 0 Å². The Bertz CT molecular complexity index is 739. The van der Waals surface area contributed by atoms with Crippen molar-refractivity contribution in [1.82, 2.24) is 0 Å². The first-order valence-electron chi connectivity index (χ1n) is 7.46. The van der Waals surface area contributed by atoms with Crippen molar-refractivity contribution in [2.24, 2.45) is 0 Å². The molecular formula is C19H18O2S. The minimum absolute atomic E-state index is 0.258. The summed E-state index contributed by atoms with van der Waals surface area (Å²) in [5.74, 6) is 1.14. The van der Waals surface area contributed by atoms with Gasteiger partial charge in [-0.15, -0.1) is 11.3 Å². The van der Waals surface area contributed by atoms with Gasteiger partial charge < -0.3 is 4.42 Å². The maximum absolute atomic E-state index is 12.3. The van der Waals surface area contributed by atoms with Gasteiger partial charge in [0.15, 0.2) is 0 Å². The summed E-state index contributed by atoms with van der Waals surface area (Å²) in [7, 11) is 0. The summed E-state index contributed by atoms with van der Waals surface area (Å²) in [5.41, 5.74) is 3.44. The molecule has 0 bridgehead atoms. The van der Waals surface area contributed by atoms with Gasteiger partial charge in [-0.3, -0.25) is 4.79 Å². The van der Waals surface area contributed by atoms with E-state index in [9.17, 15) is 4.79 Å². The van der Waals surface area contributed by atoms with Crippen molar-refractivity contribution in [3.8, 4) is 11.3 Å². The normalized spacial score (nSPS) is 10.8. The molecule has 3 aromatic rings. The zero-order valence-electron chi connectivity index (χ0n) is 12.5. The Labute approximate surface area is 134 Å². The lowest BCUT2D eigenvalue weighted by atomic mass is 10.0. The summed E-state index contributed by atoms with van der Waals surface area (Å²) in [6.45, 7) is 2.12. The van der Waals surface area contributed by atoms with Crippen molar-refractivity contribution in [3.63, 3.8) is 0 Å². The molecule has 0 aliphatic heterocycles. The van der Waals surface area contributed by atoms with E-state index in [0.717, 1.165) is 28.2 Å². The van der Waals surface area contributed by atoms with Crippen molar-refractivity contribution in [2.45, 2.75) is 26.2 Å². The standard InChI is InChI=1S/C19H18O2S/c1-2-16-17(18-9-6-10-21-18)13-22-19(16)12-15(20)11-14-7-4-3-5-8-14/h3-10,13H,2,11-12H2,1H3. The molecule has 112 valence electrons. The molecule has 0 amide bonds. The maximum atomic E-state index is 12.3. The predicted octanol–water partition coefficient (Wildman–Crippen LogP) is 4.92. The van der Waals surface area contributed by atoms with E-state index in [2.05, 4.69) is 12.3 Å². The highest BCUT2D eigenvalue weighted by Crippen LogP contribution is 2.33. The first-order valence-corrected chi connectivity index (χ1v) is 8.34. The molecule has 0 aliphatic rings. The quantitative estimate of drug-likeness (QED) is 0.646. The number of thiophene rings is 1. The van der Waals surface area contributed by atoms with Crippen molar-refractivity contribution < 1.29 is 9.21 Å². The lowest BCUT2D eigenvalue weighted by Crippen LogP contribution is -2.06. The van der Waals surface area contributed by atoms with Gasteiger partial charge >= 0.3 is 0 Å². The minimum Gasteiger partial charge on any atom is -0.464 e. The van der Waals surface area contributed by atoms with E-state index < -0.39 is 0 Å². The molecule has 2 aromatic heterocycles. The molecule has 1 aromatic carbocycles. The summed E-state index contributed by atoms with van der Waals surface area (Å²) in [4.78, 5) is 13.5. The van der Waals surface area contributed by atoms with Gasteiger partial charge in [-0.2, -0.15) is 0 Å². The van der Waals surface area contributed by atoms with Crippen LogP contribution in [-0.2, 0) is 24.1 Å². The van der Waals surface area contributed by atoms with Crippen LogP contribution in [0.2, 0.25) is 0 Å². The smallest absolute Gasteiger partial charge is 0.142 e. The predicted molar refractivity (Wildman–Crippen MR) is 90.3 cm³/mol. The van der Waals surface area contributed by atoms with Gasteiger partial charge in [0.1, 0.15) is 11.5 Å². The minimum atomic E-state index is 0.258. The van der Waals surface area contributed by atoms with Crippen molar-refractivity contribution in [1.29, 1.82) is 0 Å². The number of furan rings is 1. The Morgan fingerprint density at radius 3 is 2.59 bits per heavy atom. The van der Waals surface area contributed by atoms with E-state index in [-0.39, 0.29) is 5.78 Å². The lowest BCUT2D eigenvalue weighted by Gasteiger charge is -2.04. The van der Waals surface area contributed by atoms with E-state index in [4.69, 9.17) is 4.42 Å². The molecule has 0 spiro atoms. The molecule has 2 nitrogen and oxygen atoms in total. The highest BCUT2D eigenvalue weighted by molar-refractivity contribution is 7.10. The summed E-state index contributed by atoms with van der Waals surface area (Å²) in [6, 6.07) is 13.8. The summed E-state index contributed by atoms with van der Waals surface area (Å²) in [6.07, 6.45) is 3.60. The van der Waals surface area contributed by atoms with Gasteiger partial charge in [0.25, 0.3) is 0 Å². The molecule has 0 saturated heterocycles. The lowest BCUT2D eigenvalue weighted by molar-refractivity contribution is -0.117. The Hall–Kier alpha value is -2.13. The van der Waals surface area contributed by atoms with Gasteiger partial charge in [-0.05, 0) is 29.7 Å². The number of carbonyl (C=O) groups is 1. The fourth-order valence-electron chi connectivity index (χ4n) is 2.66. The molecule has 3 heteroatoms. The largest absolute Gasteiger partial charge is 0.464 e. The van der Waals surface area contributed by atoms with Crippen molar-refractivity contribution in [3.05, 3.63) is 70.1 Å². The number of carbonyl (C=O) groups excluding carboxylic acids is 1. The van der Waals surface area contributed by atoms with E-state index >= 15 is 0 Å². The first-order chi connectivity index (χ1) is 10.8. The molecule has 0 saturated carbocycles. The molecule has 0 atom stereocenters. The number of hydrogen-bond donors (Lipinski definition) is 0. The summed E-state index contributed by atoms with van der Waals surface area (Å²) >= 11 is 1.66. The molecule has 0 N–H and O–H groups in total. The van der Waals surface area contributed by atoms with Gasteiger partial charge in [0.05, 0.1) is 6.26 Å². The average Bonchev–Trinajstić information content (AvgIpc) is 3.17. The van der Waals surface area contributed by atoms with Crippen molar-refractivity contribution >= 4 is 17.1 Å². The van der Waals surface area contributed by atoms with E-state index in [0.29, 0.717) is 12.8 Å². The number of Topliss-reactive ketones (excluding diaryl/α,β-unsaturated/α-hetero) is 1. The highest BCUT2D eigenvalue weighted by atomic mass is 32.1. The third-order valence-electron chi connectivity index (χ3n) is 3.72. The molecule has 2 heterocycles. The van der Waals surface area contributed by atoms with Crippen LogP contribution < -0.4 is 0 Å². The van der Waals surface area contributed by atoms with Gasteiger partial charge in [-0.1, -0.05) is 37.3 Å². The Balaban J connectivity index is 1.77. The van der Waals surface area contributed by atoms with Crippen LogP contribution in [0.3, 0.4) is 0 Å². The third kappa shape index (κ3) is 3.20. The maximum Gasteiger partial charge on any atom is 0.142 e. The Morgan fingerprint density at radius 2 is 1.91 bits per heavy atom. The van der Waals surface area contributed by atoms with Crippen LogP contribution in [-0.4, -0.2) is 5.78 Å². The number of benzene rings is 1. The molecule has 3 rings (SSSR count). The molecule has 22 heavy (non-hydrogen) atoms. The number of hydrogen-bond acceptors (Lipinski definition) is 3. The molecule has 0 radical (unpaired) electrons. The highest BCUT2D eigenvalue weighted by Gasteiger charge is 2.16. The zero-order chi connectivity index (χ0) is 15.4. The average molecular weight is 310 g/mol. The van der Waals surface area contributed by atoms with E-state index in [1.807, 2.05) is 42.5 Å². The van der Waals surface area contributed by atoms with E-state index in [1.54, 1.807) is 17.6 Å². The second kappa shape index (κ2) is 6.75.